The Kier molecular flexibility index (Phi) is 4.94. The molecule has 0 bridgehead atoms. The summed E-state index contributed by atoms with van der Waals surface area (Å²) in [6.07, 6.45) is 9.36. The molecule has 3 N–H and O–H groups in total. The molecule has 7 nitrogen and oxygen atoms in total. The van der Waals surface area contributed by atoms with Crippen molar-refractivity contribution in [1.29, 1.82) is 0 Å². The minimum Gasteiger partial charge on any atom is -0.365 e. The van der Waals surface area contributed by atoms with Gasteiger partial charge in [-0.05, 0) is 62.5 Å². The third-order valence-corrected chi connectivity index (χ3v) is 8.33. The summed E-state index contributed by atoms with van der Waals surface area (Å²) < 4.78 is 1.36. The summed E-state index contributed by atoms with van der Waals surface area (Å²) in [7, 11) is 0. The van der Waals surface area contributed by atoms with Crippen LogP contribution in [0.4, 0.5) is 5.00 Å². The van der Waals surface area contributed by atoms with Crippen LogP contribution in [0.5, 0.6) is 0 Å². The van der Waals surface area contributed by atoms with Crippen LogP contribution >= 0.6 is 22.7 Å². The zero-order valence-electron chi connectivity index (χ0n) is 16.5. The summed E-state index contributed by atoms with van der Waals surface area (Å²) in [5.41, 5.74) is 7.94. The van der Waals surface area contributed by atoms with E-state index in [4.69, 9.17) is 5.73 Å². The van der Waals surface area contributed by atoms with Crippen LogP contribution in [0.15, 0.2) is 11.1 Å². The maximum atomic E-state index is 13.1. The van der Waals surface area contributed by atoms with Crippen LogP contribution in [0.25, 0.3) is 10.2 Å². The fraction of sp³-hybridized carbons (Fsp3) is 0.429. The predicted molar refractivity (Wildman–Crippen MR) is 119 cm³/mol. The van der Waals surface area contributed by atoms with Crippen LogP contribution in [0, 0.1) is 0 Å². The van der Waals surface area contributed by atoms with Crippen molar-refractivity contribution in [2.75, 3.05) is 5.32 Å². The van der Waals surface area contributed by atoms with Crippen LogP contribution in [0.1, 0.15) is 56.9 Å². The van der Waals surface area contributed by atoms with Gasteiger partial charge in [0.2, 0.25) is 5.91 Å². The molecule has 0 unspecified atom stereocenters. The summed E-state index contributed by atoms with van der Waals surface area (Å²) in [6.45, 7) is -0.146. The number of primary amides is 1. The molecule has 156 valence electrons. The number of hydrogen-bond donors (Lipinski definition) is 2. The van der Waals surface area contributed by atoms with E-state index < -0.39 is 5.91 Å². The lowest BCUT2D eigenvalue weighted by atomic mass is 9.95. The monoisotopic (exact) mass is 442 g/mol. The molecule has 2 aliphatic carbocycles. The second-order valence-corrected chi connectivity index (χ2v) is 10.1. The Balaban J connectivity index is 1.43. The number of carbonyl (C=O) groups is 2. The van der Waals surface area contributed by atoms with Crippen LogP contribution in [0.2, 0.25) is 0 Å². The van der Waals surface area contributed by atoms with Gasteiger partial charge in [-0.3, -0.25) is 19.0 Å². The summed E-state index contributed by atoms with van der Waals surface area (Å²) in [5, 5.41) is 3.98. The van der Waals surface area contributed by atoms with E-state index in [2.05, 4.69) is 10.3 Å². The third kappa shape index (κ3) is 3.26. The number of fused-ring (bicyclic) bond motifs is 4. The molecule has 0 saturated heterocycles. The minimum absolute atomic E-state index is 0.146. The normalized spacial score (nSPS) is 15.6. The van der Waals surface area contributed by atoms with Crippen LogP contribution in [0.3, 0.4) is 0 Å². The van der Waals surface area contributed by atoms with Crippen molar-refractivity contribution >= 4 is 49.7 Å². The van der Waals surface area contributed by atoms with Gasteiger partial charge in [0.15, 0.2) is 0 Å². The van der Waals surface area contributed by atoms with Gasteiger partial charge in [0, 0.05) is 9.75 Å². The van der Waals surface area contributed by atoms with Crippen LogP contribution in [-0.2, 0) is 37.0 Å². The van der Waals surface area contributed by atoms with Crippen molar-refractivity contribution in [1.82, 2.24) is 9.55 Å². The quantitative estimate of drug-likeness (QED) is 0.648. The van der Waals surface area contributed by atoms with Crippen LogP contribution < -0.4 is 16.6 Å². The Bertz CT molecular complexity index is 1240. The summed E-state index contributed by atoms with van der Waals surface area (Å²) in [5.74, 6) is -0.877. The molecule has 0 aromatic carbocycles. The first-order valence-corrected chi connectivity index (χ1v) is 11.9. The summed E-state index contributed by atoms with van der Waals surface area (Å²) >= 11 is 3.01. The number of hydrogen-bond acceptors (Lipinski definition) is 6. The SMILES string of the molecule is NC(=O)c1c(NC(=O)Cn2cnc3sc4c(c3c2=O)CCCC4)sc2c1CCCC2. The van der Waals surface area contributed by atoms with E-state index >= 15 is 0 Å². The molecule has 2 amide bonds. The van der Waals surface area contributed by atoms with Gasteiger partial charge in [-0.25, -0.2) is 4.98 Å². The number of aromatic nitrogens is 2. The van der Waals surface area contributed by atoms with Crippen molar-refractivity contribution < 1.29 is 9.59 Å². The number of nitrogens with two attached hydrogens (primary N) is 1. The standard InChI is InChI=1S/C21H22N4O3S2/c22-18(27)16-11-5-1-3-7-13(11)30-20(16)24-15(26)9-25-10-23-19-17(21(25)28)12-6-2-4-8-14(12)29-19/h10H,1-9H2,(H2,22,27)(H,24,26). The third-order valence-electron chi connectivity index (χ3n) is 5.93. The van der Waals surface area contributed by atoms with Gasteiger partial charge in [0.25, 0.3) is 11.5 Å². The van der Waals surface area contributed by atoms with Crippen molar-refractivity contribution in [3.63, 3.8) is 0 Å². The van der Waals surface area contributed by atoms with Crippen molar-refractivity contribution in [3.05, 3.63) is 43.1 Å². The van der Waals surface area contributed by atoms with E-state index in [9.17, 15) is 14.4 Å². The molecule has 0 fully saturated rings. The second kappa shape index (κ2) is 7.63. The summed E-state index contributed by atoms with van der Waals surface area (Å²) in [6, 6.07) is 0. The van der Waals surface area contributed by atoms with Gasteiger partial charge < -0.3 is 11.1 Å². The first-order chi connectivity index (χ1) is 14.5. The number of rotatable bonds is 4. The van der Waals surface area contributed by atoms with E-state index in [1.807, 2.05) is 0 Å². The zero-order chi connectivity index (χ0) is 20.8. The molecule has 0 spiro atoms. The lowest BCUT2D eigenvalue weighted by molar-refractivity contribution is -0.116. The lowest BCUT2D eigenvalue weighted by Crippen LogP contribution is -2.28. The molecule has 3 heterocycles. The minimum atomic E-state index is -0.519. The highest BCUT2D eigenvalue weighted by molar-refractivity contribution is 7.18. The molecule has 0 radical (unpaired) electrons. The number of anilines is 1. The average molecular weight is 443 g/mol. The molecule has 0 saturated carbocycles. The molecule has 2 aliphatic rings. The highest BCUT2D eigenvalue weighted by Gasteiger charge is 2.25. The number of nitrogens with zero attached hydrogens (tertiary/aromatic N) is 2. The number of aryl methyl sites for hydroxylation is 3. The first kappa shape index (κ1) is 19.4. The Hall–Kier alpha value is -2.52. The van der Waals surface area contributed by atoms with E-state index in [-0.39, 0.29) is 18.0 Å². The average Bonchev–Trinajstić information content (AvgIpc) is 3.28. The van der Waals surface area contributed by atoms with E-state index in [0.717, 1.165) is 72.2 Å². The van der Waals surface area contributed by atoms with Gasteiger partial charge in [0.05, 0.1) is 17.3 Å². The van der Waals surface area contributed by atoms with Crippen molar-refractivity contribution in [2.45, 2.75) is 57.9 Å². The van der Waals surface area contributed by atoms with Gasteiger partial charge >= 0.3 is 0 Å². The second-order valence-electron chi connectivity index (χ2n) is 7.90. The number of carbonyl (C=O) groups excluding carboxylic acids is 2. The highest BCUT2D eigenvalue weighted by Crippen LogP contribution is 2.38. The molecular weight excluding hydrogens is 420 g/mol. The molecule has 30 heavy (non-hydrogen) atoms. The van der Waals surface area contributed by atoms with E-state index in [1.165, 1.54) is 27.1 Å². The highest BCUT2D eigenvalue weighted by atomic mass is 32.1. The maximum absolute atomic E-state index is 13.1. The number of nitrogens with one attached hydrogen (secondary N) is 1. The summed E-state index contributed by atoms with van der Waals surface area (Å²) in [4.78, 5) is 45.4. The molecule has 5 rings (SSSR count). The van der Waals surface area contributed by atoms with Gasteiger partial charge in [-0.15, -0.1) is 22.7 Å². The number of thiophene rings is 2. The smallest absolute Gasteiger partial charge is 0.262 e. The van der Waals surface area contributed by atoms with Crippen molar-refractivity contribution in [3.8, 4) is 0 Å². The lowest BCUT2D eigenvalue weighted by Gasteiger charge is -2.11. The molecular formula is C21H22N4O3S2. The number of amides is 2. The fourth-order valence-electron chi connectivity index (χ4n) is 4.53. The van der Waals surface area contributed by atoms with E-state index in [0.29, 0.717) is 16.0 Å². The molecule has 3 aromatic heterocycles. The topological polar surface area (TPSA) is 107 Å². The van der Waals surface area contributed by atoms with E-state index in [1.54, 1.807) is 11.3 Å². The van der Waals surface area contributed by atoms with Gasteiger partial charge in [0.1, 0.15) is 16.4 Å². The maximum Gasteiger partial charge on any atom is 0.262 e. The first-order valence-electron chi connectivity index (χ1n) is 10.3. The molecule has 0 aliphatic heterocycles. The largest absolute Gasteiger partial charge is 0.365 e. The van der Waals surface area contributed by atoms with Gasteiger partial charge in [-0.1, -0.05) is 0 Å². The van der Waals surface area contributed by atoms with Gasteiger partial charge in [-0.2, -0.15) is 0 Å². The predicted octanol–water partition coefficient (Wildman–Crippen LogP) is 3.01. The Labute approximate surface area is 180 Å². The fourth-order valence-corrected chi connectivity index (χ4v) is 7.06. The molecule has 0 atom stereocenters. The van der Waals surface area contributed by atoms with Crippen LogP contribution in [-0.4, -0.2) is 21.4 Å². The molecule has 3 aromatic rings. The Morgan fingerprint density at radius 1 is 1.03 bits per heavy atom. The Morgan fingerprint density at radius 2 is 1.70 bits per heavy atom. The zero-order valence-corrected chi connectivity index (χ0v) is 18.1. The van der Waals surface area contributed by atoms with Crippen molar-refractivity contribution in [2.24, 2.45) is 5.73 Å². The Morgan fingerprint density at radius 3 is 2.43 bits per heavy atom. The molecule has 9 heteroatoms.